The SMILES string of the molecule is Cc1cc2ccc3c(c2s1)SCc1c(ccc(F)c1F)[C@@H]3N1[C@@H]2COCCN2C(=O)c2c(O)c(=O)ccn21. The minimum absolute atomic E-state index is 0.161. The van der Waals surface area contributed by atoms with Gasteiger partial charge in [-0.1, -0.05) is 18.2 Å². The van der Waals surface area contributed by atoms with Crippen LogP contribution in [0.4, 0.5) is 8.78 Å². The summed E-state index contributed by atoms with van der Waals surface area (Å²) in [5.41, 5.74) is 0.818. The Morgan fingerprint density at radius 2 is 1.92 bits per heavy atom. The van der Waals surface area contributed by atoms with Gasteiger partial charge in [0.05, 0.1) is 19.3 Å². The van der Waals surface area contributed by atoms with Crippen molar-refractivity contribution in [3.63, 3.8) is 0 Å². The Kier molecular flexibility index (Phi) is 5.33. The molecule has 1 amide bonds. The largest absolute Gasteiger partial charge is 0.502 e. The first-order valence-corrected chi connectivity index (χ1v) is 13.9. The third-order valence-electron chi connectivity index (χ3n) is 7.42. The Hall–Kier alpha value is -3.41. The van der Waals surface area contributed by atoms with Gasteiger partial charge in [0.2, 0.25) is 5.43 Å². The number of carbonyl (C=O) groups is 1. The van der Waals surface area contributed by atoms with Crippen LogP contribution >= 0.6 is 23.1 Å². The van der Waals surface area contributed by atoms with Crippen LogP contribution in [0.25, 0.3) is 10.1 Å². The second-order valence-electron chi connectivity index (χ2n) is 9.54. The number of hydrogen-bond acceptors (Lipinski definition) is 7. The van der Waals surface area contributed by atoms with Gasteiger partial charge < -0.3 is 14.7 Å². The van der Waals surface area contributed by atoms with Crippen LogP contribution in [0.15, 0.2) is 52.3 Å². The molecule has 4 aromatic rings. The molecule has 2 aromatic heterocycles. The summed E-state index contributed by atoms with van der Waals surface area (Å²) >= 11 is 3.10. The normalized spacial score (nSPS) is 20.6. The van der Waals surface area contributed by atoms with Crippen molar-refractivity contribution in [3.05, 3.63) is 91.7 Å². The van der Waals surface area contributed by atoms with E-state index in [1.807, 2.05) is 24.1 Å². The Morgan fingerprint density at radius 3 is 2.76 bits per heavy atom. The van der Waals surface area contributed by atoms with Gasteiger partial charge in [-0.3, -0.25) is 19.3 Å². The van der Waals surface area contributed by atoms with Gasteiger partial charge in [-0.15, -0.1) is 23.1 Å². The zero-order valence-electron chi connectivity index (χ0n) is 20.1. The number of hydrogen-bond donors (Lipinski definition) is 1. The zero-order chi connectivity index (χ0) is 26.3. The Labute approximate surface area is 223 Å². The topological polar surface area (TPSA) is 75.0 Å². The maximum atomic E-state index is 15.4. The highest BCUT2D eigenvalue weighted by Gasteiger charge is 2.46. The third kappa shape index (κ3) is 3.28. The summed E-state index contributed by atoms with van der Waals surface area (Å²) in [6.45, 7) is 2.75. The number of fused-ring (bicyclic) bond motifs is 6. The molecule has 1 N–H and O–H groups in total. The zero-order valence-corrected chi connectivity index (χ0v) is 21.7. The molecule has 0 aliphatic carbocycles. The fourth-order valence-electron chi connectivity index (χ4n) is 5.72. The van der Waals surface area contributed by atoms with E-state index >= 15 is 4.39 Å². The number of aromatic hydroxyl groups is 1. The minimum Gasteiger partial charge on any atom is -0.502 e. The molecule has 0 bridgehead atoms. The van der Waals surface area contributed by atoms with Crippen LogP contribution in [0.2, 0.25) is 0 Å². The number of amides is 1. The summed E-state index contributed by atoms with van der Waals surface area (Å²) in [5.74, 6) is -2.74. The van der Waals surface area contributed by atoms with Gasteiger partial charge in [0.1, 0.15) is 6.17 Å². The number of morpholine rings is 1. The number of benzene rings is 2. The molecular weight excluding hydrogens is 532 g/mol. The second kappa shape index (κ2) is 8.55. The van der Waals surface area contributed by atoms with Crippen molar-refractivity contribution in [3.8, 4) is 5.75 Å². The fraction of sp³-hybridized carbons (Fsp3) is 0.259. The Bertz CT molecular complexity index is 1720. The van der Waals surface area contributed by atoms with Crippen LogP contribution in [-0.4, -0.2) is 46.5 Å². The highest BCUT2D eigenvalue weighted by Crippen LogP contribution is 2.48. The van der Waals surface area contributed by atoms with Crippen molar-refractivity contribution in [1.29, 1.82) is 0 Å². The predicted molar refractivity (Wildman–Crippen MR) is 141 cm³/mol. The van der Waals surface area contributed by atoms with Crippen molar-refractivity contribution in [2.45, 2.75) is 29.8 Å². The number of aromatic nitrogens is 1. The highest BCUT2D eigenvalue weighted by molar-refractivity contribution is 7.99. The van der Waals surface area contributed by atoms with Crippen molar-refractivity contribution >= 4 is 39.1 Å². The number of aryl methyl sites for hydroxylation is 1. The molecule has 3 aliphatic heterocycles. The smallest absolute Gasteiger partial charge is 0.278 e. The van der Waals surface area contributed by atoms with Gasteiger partial charge in [-0.05, 0) is 35.6 Å². The number of halogens is 2. The van der Waals surface area contributed by atoms with Gasteiger partial charge in [0.15, 0.2) is 23.1 Å². The standard InChI is InChI=1S/C27H21F2N3O4S2/c1-13-10-14-2-3-16-22(15-4-5-18(28)21(29)17(15)12-37-26(16)25(14)38-13)32-20-11-36-9-8-30(20)27(35)23-24(34)19(33)6-7-31(23)32/h2-7,10,20,22,34H,8-9,11-12H2,1H3/t20-,22+/m1/s1. The van der Waals surface area contributed by atoms with E-state index in [9.17, 15) is 19.1 Å². The summed E-state index contributed by atoms with van der Waals surface area (Å²) in [6.07, 6.45) is 0.833. The second-order valence-corrected chi connectivity index (χ2v) is 11.8. The molecule has 194 valence electrons. The lowest BCUT2D eigenvalue weighted by Crippen LogP contribution is -2.66. The molecule has 2 atom stereocenters. The van der Waals surface area contributed by atoms with Gasteiger partial charge in [-0.25, -0.2) is 8.78 Å². The van der Waals surface area contributed by atoms with Crippen LogP contribution in [0.3, 0.4) is 0 Å². The number of thioether (sulfide) groups is 1. The molecule has 38 heavy (non-hydrogen) atoms. The Balaban J connectivity index is 1.57. The lowest BCUT2D eigenvalue weighted by molar-refractivity contribution is -0.0197. The molecular formula is C27H21F2N3O4S2. The number of rotatable bonds is 1. The molecule has 1 saturated heterocycles. The van der Waals surface area contributed by atoms with E-state index in [4.69, 9.17) is 4.74 Å². The van der Waals surface area contributed by atoms with Gasteiger partial charge in [0.25, 0.3) is 5.91 Å². The van der Waals surface area contributed by atoms with Crippen molar-refractivity contribution < 1.29 is 23.4 Å². The monoisotopic (exact) mass is 553 g/mol. The molecule has 3 aliphatic rings. The summed E-state index contributed by atoms with van der Waals surface area (Å²) in [5, 5.41) is 13.7. The van der Waals surface area contributed by atoms with Gasteiger partial charge in [-0.2, -0.15) is 0 Å². The van der Waals surface area contributed by atoms with E-state index in [0.29, 0.717) is 12.2 Å². The molecule has 7 rings (SSSR count). The van der Waals surface area contributed by atoms with E-state index in [-0.39, 0.29) is 30.2 Å². The first-order valence-electron chi connectivity index (χ1n) is 12.1. The molecule has 0 spiro atoms. The fourth-order valence-corrected chi connectivity index (χ4v) is 8.17. The quantitative estimate of drug-likeness (QED) is 0.374. The minimum atomic E-state index is -0.927. The van der Waals surface area contributed by atoms with E-state index in [2.05, 4.69) is 6.07 Å². The number of ether oxygens (including phenoxy) is 1. The summed E-state index contributed by atoms with van der Waals surface area (Å²) in [4.78, 5) is 29.5. The maximum Gasteiger partial charge on any atom is 0.278 e. The summed E-state index contributed by atoms with van der Waals surface area (Å²) < 4.78 is 38.2. The van der Waals surface area contributed by atoms with Gasteiger partial charge in [0, 0.05) is 44.6 Å². The highest BCUT2D eigenvalue weighted by atomic mass is 32.2. The molecule has 7 nitrogen and oxygen atoms in total. The number of carbonyl (C=O) groups excluding carboxylic acids is 1. The van der Waals surface area contributed by atoms with Crippen LogP contribution in [-0.2, 0) is 10.5 Å². The number of pyridine rings is 1. The number of thiophene rings is 1. The molecule has 11 heteroatoms. The van der Waals surface area contributed by atoms with Gasteiger partial charge >= 0.3 is 0 Å². The van der Waals surface area contributed by atoms with E-state index in [1.165, 1.54) is 28.7 Å². The summed E-state index contributed by atoms with van der Waals surface area (Å²) in [6, 6.07) is 9.34. The molecule has 1 fully saturated rings. The van der Waals surface area contributed by atoms with Crippen LogP contribution in [0.5, 0.6) is 5.75 Å². The molecule has 0 saturated carbocycles. The van der Waals surface area contributed by atoms with Crippen LogP contribution in [0.1, 0.15) is 38.1 Å². The molecule has 0 unspecified atom stereocenters. The first kappa shape index (κ1) is 23.7. The van der Waals surface area contributed by atoms with Crippen molar-refractivity contribution in [1.82, 2.24) is 9.58 Å². The molecule has 2 aromatic carbocycles. The van der Waals surface area contributed by atoms with E-state index in [0.717, 1.165) is 31.5 Å². The summed E-state index contributed by atoms with van der Waals surface area (Å²) in [7, 11) is 0. The van der Waals surface area contributed by atoms with Crippen molar-refractivity contribution in [2.24, 2.45) is 0 Å². The molecule has 5 heterocycles. The first-order chi connectivity index (χ1) is 18.3. The van der Waals surface area contributed by atoms with E-state index in [1.54, 1.807) is 22.3 Å². The average Bonchev–Trinajstić information content (AvgIpc) is 3.21. The van der Waals surface area contributed by atoms with E-state index < -0.39 is 40.9 Å². The maximum absolute atomic E-state index is 15.4. The van der Waals surface area contributed by atoms with Crippen LogP contribution < -0.4 is 10.4 Å². The van der Waals surface area contributed by atoms with Crippen molar-refractivity contribution in [2.75, 3.05) is 24.8 Å². The Morgan fingerprint density at radius 1 is 1.11 bits per heavy atom. The number of nitrogens with zero attached hydrogens (tertiary/aromatic N) is 3. The molecule has 0 radical (unpaired) electrons. The predicted octanol–water partition coefficient (Wildman–Crippen LogP) is 4.50. The lowest BCUT2D eigenvalue weighted by atomic mass is 9.92. The lowest BCUT2D eigenvalue weighted by Gasteiger charge is -2.51. The third-order valence-corrected chi connectivity index (χ3v) is 9.79. The van der Waals surface area contributed by atoms with Crippen LogP contribution in [0, 0.1) is 18.6 Å². The average molecular weight is 554 g/mol.